The minimum Gasteiger partial charge on any atom is -0.314 e. The first-order chi connectivity index (χ1) is 7.79. The van der Waals surface area contributed by atoms with E-state index in [9.17, 15) is 0 Å². The quantitative estimate of drug-likeness (QED) is 0.871. The molecular formula is C13H19ClN2. The van der Waals surface area contributed by atoms with Crippen LogP contribution in [0.1, 0.15) is 18.9 Å². The molecule has 0 amide bonds. The predicted molar refractivity (Wildman–Crippen MR) is 68.8 cm³/mol. The Kier molecular flexibility index (Phi) is 4.22. The predicted octanol–water partition coefficient (Wildman–Crippen LogP) is 2.52. The van der Waals surface area contributed by atoms with Gasteiger partial charge in [-0.2, -0.15) is 0 Å². The van der Waals surface area contributed by atoms with Gasteiger partial charge in [0.15, 0.2) is 0 Å². The molecule has 16 heavy (non-hydrogen) atoms. The lowest BCUT2D eigenvalue weighted by molar-refractivity contribution is 0.149. The van der Waals surface area contributed by atoms with E-state index in [2.05, 4.69) is 29.3 Å². The molecule has 1 unspecified atom stereocenters. The molecule has 0 spiro atoms. The second-order valence-corrected chi connectivity index (χ2v) is 4.80. The standard InChI is InChI=1S/C13H19ClN2/c1-2-13-9-15-7-8-16(13)10-11-3-5-12(14)6-4-11/h3-6,13,15H,2,7-10H2,1H3. The number of rotatable bonds is 3. The molecule has 0 aliphatic carbocycles. The molecule has 1 aromatic rings. The van der Waals surface area contributed by atoms with Crippen molar-refractivity contribution in [2.45, 2.75) is 25.9 Å². The number of hydrogen-bond donors (Lipinski definition) is 1. The average Bonchev–Trinajstić information content (AvgIpc) is 2.33. The van der Waals surface area contributed by atoms with Crippen molar-refractivity contribution in [2.75, 3.05) is 19.6 Å². The van der Waals surface area contributed by atoms with Crippen LogP contribution in [0.25, 0.3) is 0 Å². The van der Waals surface area contributed by atoms with Crippen molar-refractivity contribution >= 4 is 11.6 Å². The van der Waals surface area contributed by atoms with Crippen molar-refractivity contribution in [1.29, 1.82) is 0 Å². The van der Waals surface area contributed by atoms with E-state index in [4.69, 9.17) is 11.6 Å². The van der Waals surface area contributed by atoms with Crippen molar-refractivity contribution in [2.24, 2.45) is 0 Å². The van der Waals surface area contributed by atoms with Crippen LogP contribution in [0, 0.1) is 0 Å². The molecule has 3 heteroatoms. The van der Waals surface area contributed by atoms with Gasteiger partial charge in [0, 0.05) is 37.2 Å². The Morgan fingerprint density at radius 3 is 2.81 bits per heavy atom. The van der Waals surface area contributed by atoms with Gasteiger partial charge in [-0.25, -0.2) is 0 Å². The highest BCUT2D eigenvalue weighted by molar-refractivity contribution is 6.30. The van der Waals surface area contributed by atoms with E-state index in [-0.39, 0.29) is 0 Å². The number of halogens is 1. The summed E-state index contributed by atoms with van der Waals surface area (Å²) in [6.07, 6.45) is 1.21. The molecule has 1 saturated heterocycles. The van der Waals surface area contributed by atoms with Crippen molar-refractivity contribution in [3.05, 3.63) is 34.9 Å². The third-order valence-electron chi connectivity index (χ3n) is 3.24. The van der Waals surface area contributed by atoms with Crippen molar-refractivity contribution in [3.8, 4) is 0 Å². The second-order valence-electron chi connectivity index (χ2n) is 4.36. The van der Waals surface area contributed by atoms with Crippen LogP contribution in [0.5, 0.6) is 0 Å². The van der Waals surface area contributed by atoms with Crippen LogP contribution in [0.4, 0.5) is 0 Å². The van der Waals surface area contributed by atoms with Gasteiger partial charge in [-0.15, -0.1) is 0 Å². The summed E-state index contributed by atoms with van der Waals surface area (Å²) in [5.41, 5.74) is 1.35. The van der Waals surface area contributed by atoms with E-state index in [0.717, 1.165) is 31.2 Å². The van der Waals surface area contributed by atoms with E-state index in [1.54, 1.807) is 0 Å². The largest absolute Gasteiger partial charge is 0.314 e. The summed E-state index contributed by atoms with van der Waals surface area (Å²) in [5.74, 6) is 0. The van der Waals surface area contributed by atoms with Crippen LogP contribution in [0.3, 0.4) is 0 Å². The number of nitrogens with one attached hydrogen (secondary N) is 1. The molecule has 0 saturated carbocycles. The molecule has 1 N–H and O–H groups in total. The summed E-state index contributed by atoms with van der Waals surface area (Å²) in [5, 5.41) is 4.26. The molecule has 2 nitrogen and oxygen atoms in total. The van der Waals surface area contributed by atoms with E-state index in [1.165, 1.54) is 12.0 Å². The molecule has 1 atom stereocenters. The SMILES string of the molecule is CCC1CNCCN1Cc1ccc(Cl)cc1. The van der Waals surface area contributed by atoms with Crippen molar-refractivity contribution in [1.82, 2.24) is 10.2 Å². The molecule has 1 fully saturated rings. The topological polar surface area (TPSA) is 15.3 Å². The molecule has 2 rings (SSSR count). The molecule has 0 aromatic heterocycles. The van der Waals surface area contributed by atoms with Crippen molar-refractivity contribution < 1.29 is 0 Å². The van der Waals surface area contributed by atoms with Crippen LogP contribution in [-0.4, -0.2) is 30.6 Å². The van der Waals surface area contributed by atoms with Gasteiger partial charge >= 0.3 is 0 Å². The lowest BCUT2D eigenvalue weighted by Gasteiger charge is -2.35. The molecule has 0 bridgehead atoms. The maximum Gasteiger partial charge on any atom is 0.0406 e. The number of nitrogens with zero attached hydrogens (tertiary/aromatic N) is 1. The molecule has 1 heterocycles. The molecule has 1 aliphatic heterocycles. The number of hydrogen-bond acceptors (Lipinski definition) is 2. The Morgan fingerprint density at radius 2 is 2.12 bits per heavy atom. The Labute approximate surface area is 103 Å². The normalized spacial score (nSPS) is 22.2. The van der Waals surface area contributed by atoms with E-state index in [1.807, 2.05) is 12.1 Å². The zero-order valence-corrected chi connectivity index (χ0v) is 10.5. The molecule has 1 aliphatic rings. The number of piperazine rings is 1. The molecule has 88 valence electrons. The minimum atomic E-state index is 0.671. The van der Waals surface area contributed by atoms with Crippen LogP contribution in [0.15, 0.2) is 24.3 Å². The van der Waals surface area contributed by atoms with Crippen LogP contribution in [0.2, 0.25) is 5.02 Å². The zero-order chi connectivity index (χ0) is 11.4. The zero-order valence-electron chi connectivity index (χ0n) is 9.75. The van der Waals surface area contributed by atoms with Gasteiger partial charge in [-0.05, 0) is 24.1 Å². The third kappa shape index (κ3) is 2.97. The second kappa shape index (κ2) is 5.67. The average molecular weight is 239 g/mol. The summed E-state index contributed by atoms with van der Waals surface area (Å²) in [4.78, 5) is 2.56. The van der Waals surface area contributed by atoms with Crippen LogP contribution in [-0.2, 0) is 6.54 Å². The Hall–Kier alpha value is -0.570. The van der Waals surface area contributed by atoms with Gasteiger partial charge in [0.25, 0.3) is 0 Å². The van der Waals surface area contributed by atoms with Gasteiger partial charge in [-0.3, -0.25) is 4.90 Å². The summed E-state index contributed by atoms with van der Waals surface area (Å²) >= 11 is 5.89. The Morgan fingerprint density at radius 1 is 1.38 bits per heavy atom. The van der Waals surface area contributed by atoms with Gasteiger partial charge in [0.2, 0.25) is 0 Å². The van der Waals surface area contributed by atoms with E-state index < -0.39 is 0 Å². The lowest BCUT2D eigenvalue weighted by Crippen LogP contribution is -2.50. The summed E-state index contributed by atoms with van der Waals surface area (Å²) in [6, 6.07) is 8.86. The minimum absolute atomic E-state index is 0.671. The first kappa shape index (κ1) is 11.9. The molecule has 0 radical (unpaired) electrons. The molecule has 1 aromatic carbocycles. The summed E-state index contributed by atoms with van der Waals surface area (Å²) < 4.78 is 0. The lowest BCUT2D eigenvalue weighted by atomic mass is 10.1. The smallest absolute Gasteiger partial charge is 0.0406 e. The van der Waals surface area contributed by atoms with Gasteiger partial charge in [0.05, 0.1) is 0 Å². The maximum atomic E-state index is 5.89. The summed E-state index contributed by atoms with van der Waals surface area (Å²) in [6.45, 7) is 6.65. The van der Waals surface area contributed by atoms with Crippen molar-refractivity contribution in [3.63, 3.8) is 0 Å². The fourth-order valence-corrected chi connectivity index (χ4v) is 2.36. The Balaban J connectivity index is 1.99. The third-order valence-corrected chi connectivity index (χ3v) is 3.49. The van der Waals surface area contributed by atoms with Gasteiger partial charge in [0.1, 0.15) is 0 Å². The van der Waals surface area contributed by atoms with Crippen LogP contribution < -0.4 is 5.32 Å². The fraction of sp³-hybridized carbons (Fsp3) is 0.538. The Bertz CT molecular complexity index is 323. The monoisotopic (exact) mass is 238 g/mol. The van der Waals surface area contributed by atoms with E-state index >= 15 is 0 Å². The first-order valence-corrected chi connectivity index (χ1v) is 6.36. The highest BCUT2D eigenvalue weighted by atomic mass is 35.5. The first-order valence-electron chi connectivity index (χ1n) is 5.99. The van der Waals surface area contributed by atoms with Crippen LogP contribution >= 0.6 is 11.6 Å². The van der Waals surface area contributed by atoms with E-state index in [0.29, 0.717) is 6.04 Å². The van der Waals surface area contributed by atoms with Gasteiger partial charge < -0.3 is 5.32 Å². The fourth-order valence-electron chi connectivity index (χ4n) is 2.24. The van der Waals surface area contributed by atoms with Gasteiger partial charge in [-0.1, -0.05) is 30.7 Å². The summed E-state index contributed by atoms with van der Waals surface area (Å²) in [7, 11) is 0. The number of benzene rings is 1. The molecular weight excluding hydrogens is 220 g/mol. The highest BCUT2D eigenvalue weighted by Crippen LogP contribution is 2.15. The maximum absolute atomic E-state index is 5.89. The highest BCUT2D eigenvalue weighted by Gasteiger charge is 2.19.